The molecule has 0 radical (unpaired) electrons. The third-order valence-corrected chi connectivity index (χ3v) is 5.68. The van der Waals surface area contributed by atoms with Gasteiger partial charge in [0.2, 0.25) is 5.88 Å². The van der Waals surface area contributed by atoms with Crippen LogP contribution in [0.25, 0.3) is 0 Å². The third kappa shape index (κ3) is 3.27. The molecule has 2 aromatic carbocycles. The van der Waals surface area contributed by atoms with E-state index in [2.05, 4.69) is 6.07 Å². The lowest BCUT2D eigenvalue weighted by molar-refractivity contribution is -0.117. The van der Waals surface area contributed by atoms with Crippen molar-refractivity contribution in [2.45, 2.75) is 31.6 Å². The predicted octanol–water partition coefficient (Wildman–Crippen LogP) is 4.21. The molecular formula is C24H22N2O3. The van der Waals surface area contributed by atoms with Crippen LogP contribution in [-0.2, 0) is 9.53 Å². The van der Waals surface area contributed by atoms with Crippen LogP contribution in [0.4, 0.5) is 0 Å². The minimum absolute atomic E-state index is 0.00109. The number of carbonyl (C=O) groups is 1. The summed E-state index contributed by atoms with van der Waals surface area (Å²) in [5.41, 5.74) is 9.81. The number of rotatable bonds is 3. The zero-order chi connectivity index (χ0) is 20.5. The molecule has 2 N–H and O–H groups in total. The second kappa shape index (κ2) is 7.48. The van der Waals surface area contributed by atoms with Gasteiger partial charge in [-0.1, -0.05) is 42.5 Å². The second-order valence-corrected chi connectivity index (χ2v) is 7.43. The van der Waals surface area contributed by atoms with Gasteiger partial charge in [0.15, 0.2) is 5.78 Å². The molecule has 5 heteroatoms. The van der Waals surface area contributed by atoms with Crippen molar-refractivity contribution in [2.75, 3.05) is 7.11 Å². The molecule has 0 spiro atoms. The lowest BCUT2D eigenvalue weighted by Crippen LogP contribution is -2.29. The second-order valence-electron chi connectivity index (χ2n) is 7.43. The molecule has 2 aromatic rings. The molecule has 0 bridgehead atoms. The first-order valence-corrected chi connectivity index (χ1v) is 9.56. The first-order valence-electron chi connectivity index (χ1n) is 9.56. The van der Waals surface area contributed by atoms with Gasteiger partial charge >= 0.3 is 0 Å². The molecule has 146 valence electrons. The monoisotopic (exact) mass is 386 g/mol. The number of carbonyl (C=O) groups excluding carboxylic acids is 1. The van der Waals surface area contributed by atoms with E-state index in [1.54, 1.807) is 7.11 Å². The summed E-state index contributed by atoms with van der Waals surface area (Å²) < 4.78 is 11.2. The summed E-state index contributed by atoms with van der Waals surface area (Å²) in [5, 5.41) is 9.74. The van der Waals surface area contributed by atoms with E-state index < -0.39 is 5.92 Å². The SMILES string of the molecule is COc1ccc([C@@H]2C(C#N)=C(N)OC3=C2C(=O)C[C@H](c2ccccc2)C3)cc1C. The van der Waals surface area contributed by atoms with Crippen molar-refractivity contribution >= 4 is 5.78 Å². The summed E-state index contributed by atoms with van der Waals surface area (Å²) in [6.45, 7) is 1.93. The van der Waals surface area contributed by atoms with Crippen molar-refractivity contribution in [3.05, 3.63) is 88.0 Å². The molecule has 5 nitrogen and oxygen atoms in total. The number of hydrogen-bond acceptors (Lipinski definition) is 5. The highest BCUT2D eigenvalue weighted by Gasteiger charge is 2.40. The van der Waals surface area contributed by atoms with E-state index in [-0.39, 0.29) is 23.2 Å². The van der Waals surface area contributed by atoms with Gasteiger partial charge in [-0.05, 0) is 35.6 Å². The fourth-order valence-corrected chi connectivity index (χ4v) is 4.28. The van der Waals surface area contributed by atoms with Crippen LogP contribution >= 0.6 is 0 Å². The molecule has 0 aromatic heterocycles. The fraction of sp³-hybridized carbons (Fsp3) is 0.250. The van der Waals surface area contributed by atoms with Gasteiger partial charge in [0.1, 0.15) is 23.2 Å². The smallest absolute Gasteiger partial charge is 0.205 e. The van der Waals surface area contributed by atoms with E-state index in [0.717, 1.165) is 22.4 Å². The maximum absolute atomic E-state index is 13.2. The molecule has 2 aliphatic rings. The van der Waals surface area contributed by atoms with Crippen molar-refractivity contribution in [3.63, 3.8) is 0 Å². The van der Waals surface area contributed by atoms with Gasteiger partial charge in [0.05, 0.1) is 13.0 Å². The molecule has 0 saturated carbocycles. The summed E-state index contributed by atoms with van der Waals surface area (Å²) >= 11 is 0. The zero-order valence-corrected chi connectivity index (χ0v) is 16.4. The number of nitrogens with two attached hydrogens (primary N) is 1. The van der Waals surface area contributed by atoms with Gasteiger partial charge in [0.25, 0.3) is 0 Å². The number of allylic oxidation sites excluding steroid dienone is 3. The van der Waals surface area contributed by atoms with Crippen LogP contribution in [0.5, 0.6) is 5.75 Å². The lowest BCUT2D eigenvalue weighted by atomic mass is 9.73. The Morgan fingerprint density at radius 3 is 2.55 bits per heavy atom. The van der Waals surface area contributed by atoms with Gasteiger partial charge in [-0.15, -0.1) is 0 Å². The van der Waals surface area contributed by atoms with Crippen molar-refractivity contribution in [3.8, 4) is 11.8 Å². The minimum Gasteiger partial charge on any atom is -0.496 e. The standard InChI is InChI=1S/C24H22N2O3/c1-14-10-16(8-9-20(14)28-2)22-18(13-25)24(26)29-21-12-17(11-19(27)23(21)22)15-6-4-3-5-7-15/h3-10,17,22H,11-12,26H2,1-2H3/t17-,22+/m0/s1. The Morgan fingerprint density at radius 1 is 1.14 bits per heavy atom. The van der Waals surface area contributed by atoms with E-state index in [0.29, 0.717) is 24.2 Å². The Kier molecular flexibility index (Phi) is 4.85. The Balaban J connectivity index is 1.80. The fourth-order valence-electron chi connectivity index (χ4n) is 4.28. The van der Waals surface area contributed by atoms with Crippen LogP contribution in [0.15, 0.2) is 71.3 Å². The quantitative estimate of drug-likeness (QED) is 0.854. The zero-order valence-electron chi connectivity index (χ0n) is 16.4. The van der Waals surface area contributed by atoms with Gasteiger partial charge in [-0.25, -0.2) is 0 Å². The summed E-state index contributed by atoms with van der Waals surface area (Å²) in [4.78, 5) is 13.2. The number of nitrogens with zero attached hydrogens (tertiary/aromatic N) is 1. The first kappa shape index (κ1) is 18.8. The number of aryl methyl sites for hydroxylation is 1. The average molecular weight is 386 g/mol. The highest BCUT2D eigenvalue weighted by molar-refractivity contribution is 6.00. The number of Topliss-reactive ketones (excluding diaryl/α,β-unsaturated/α-hetero) is 1. The van der Waals surface area contributed by atoms with Gasteiger partial charge < -0.3 is 15.2 Å². The number of ketones is 1. The van der Waals surface area contributed by atoms with Crippen molar-refractivity contribution in [2.24, 2.45) is 5.73 Å². The number of ether oxygens (including phenoxy) is 2. The molecule has 0 fully saturated rings. The van der Waals surface area contributed by atoms with Crippen LogP contribution < -0.4 is 10.5 Å². The first-order chi connectivity index (χ1) is 14.0. The molecule has 4 rings (SSSR count). The molecular weight excluding hydrogens is 364 g/mol. The summed E-state index contributed by atoms with van der Waals surface area (Å²) in [6, 6.07) is 17.8. The van der Waals surface area contributed by atoms with Gasteiger partial charge in [0, 0.05) is 18.4 Å². The van der Waals surface area contributed by atoms with Crippen LogP contribution in [0, 0.1) is 18.3 Å². The number of methoxy groups -OCH3 is 1. The molecule has 2 atom stereocenters. The largest absolute Gasteiger partial charge is 0.496 e. The Labute approximate surface area is 170 Å². The molecule has 0 saturated heterocycles. The van der Waals surface area contributed by atoms with E-state index in [4.69, 9.17) is 15.2 Å². The normalized spacial score (nSPS) is 21.3. The molecule has 29 heavy (non-hydrogen) atoms. The molecule has 0 unspecified atom stereocenters. The maximum Gasteiger partial charge on any atom is 0.205 e. The summed E-state index contributed by atoms with van der Waals surface area (Å²) in [7, 11) is 1.62. The number of nitriles is 1. The van der Waals surface area contributed by atoms with Gasteiger partial charge in [-0.3, -0.25) is 4.79 Å². The minimum atomic E-state index is -0.516. The Hall–Kier alpha value is -3.52. The average Bonchev–Trinajstić information content (AvgIpc) is 2.73. The number of benzene rings is 2. The van der Waals surface area contributed by atoms with E-state index in [1.807, 2.05) is 55.5 Å². The Bertz CT molecular complexity index is 1080. The molecule has 1 heterocycles. The maximum atomic E-state index is 13.2. The number of hydrogen-bond donors (Lipinski definition) is 1. The highest BCUT2D eigenvalue weighted by atomic mass is 16.5. The topological polar surface area (TPSA) is 85.3 Å². The summed E-state index contributed by atoms with van der Waals surface area (Å²) in [6.07, 6.45) is 0.965. The van der Waals surface area contributed by atoms with E-state index >= 15 is 0 Å². The molecule has 1 aliphatic carbocycles. The van der Waals surface area contributed by atoms with Crippen LogP contribution in [0.1, 0.15) is 41.4 Å². The van der Waals surface area contributed by atoms with Crippen LogP contribution in [0.3, 0.4) is 0 Å². The Morgan fingerprint density at radius 2 is 1.90 bits per heavy atom. The third-order valence-electron chi connectivity index (χ3n) is 5.68. The highest BCUT2D eigenvalue weighted by Crippen LogP contribution is 2.47. The predicted molar refractivity (Wildman–Crippen MR) is 109 cm³/mol. The van der Waals surface area contributed by atoms with E-state index in [1.165, 1.54) is 0 Å². The van der Waals surface area contributed by atoms with Crippen LogP contribution in [-0.4, -0.2) is 12.9 Å². The van der Waals surface area contributed by atoms with Crippen LogP contribution in [0.2, 0.25) is 0 Å². The van der Waals surface area contributed by atoms with Gasteiger partial charge in [-0.2, -0.15) is 5.26 Å². The summed E-state index contributed by atoms with van der Waals surface area (Å²) in [5.74, 6) is 0.925. The molecule has 1 aliphatic heterocycles. The van der Waals surface area contributed by atoms with Crippen molar-refractivity contribution in [1.29, 1.82) is 5.26 Å². The molecule has 0 amide bonds. The van der Waals surface area contributed by atoms with Crippen molar-refractivity contribution < 1.29 is 14.3 Å². The lowest BCUT2D eigenvalue weighted by Gasteiger charge is -2.34. The van der Waals surface area contributed by atoms with Crippen molar-refractivity contribution in [1.82, 2.24) is 0 Å². The van der Waals surface area contributed by atoms with E-state index in [9.17, 15) is 10.1 Å².